The van der Waals surface area contributed by atoms with Gasteiger partial charge in [-0.25, -0.2) is 0 Å². The molecule has 2 aromatic carbocycles. The van der Waals surface area contributed by atoms with E-state index in [1.54, 1.807) is 25.3 Å². The van der Waals surface area contributed by atoms with Crippen molar-refractivity contribution in [2.45, 2.75) is 31.9 Å². The van der Waals surface area contributed by atoms with Crippen LogP contribution in [-0.4, -0.2) is 48.1 Å². The summed E-state index contributed by atoms with van der Waals surface area (Å²) in [6, 6.07) is 13.7. The lowest BCUT2D eigenvalue weighted by atomic mass is 9.94. The number of carbonyl (C=O) groups is 2. The predicted octanol–water partition coefficient (Wildman–Crippen LogP) is 3.60. The Balaban J connectivity index is 1.86. The van der Waals surface area contributed by atoms with Crippen LogP contribution in [0.2, 0.25) is 0 Å². The molecule has 4 rings (SSSR count). The van der Waals surface area contributed by atoms with Crippen LogP contribution in [0.25, 0.3) is 5.76 Å². The van der Waals surface area contributed by atoms with E-state index < -0.39 is 17.7 Å². The average Bonchev–Trinajstić information content (AvgIpc) is 3.36. The molecule has 6 heteroatoms. The van der Waals surface area contributed by atoms with E-state index in [1.165, 1.54) is 4.90 Å². The Kier molecular flexibility index (Phi) is 5.59. The molecule has 1 N–H and O–H groups in total. The molecule has 2 aliphatic rings. The van der Waals surface area contributed by atoms with E-state index in [-0.39, 0.29) is 24.0 Å². The van der Waals surface area contributed by atoms with Gasteiger partial charge >= 0.3 is 0 Å². The van der Waals surface area contributed by atoms with E-state index in [0.29, 0.717) is 23.5 Å². The standard InChI is InChI=1S/C24H25NO5/c1-15-9-11-16(12-10-15)22(26)20-21(18-7-3-4-8-19(18)29-2)25(24(28)23(20)27)14-17-6-5-13-30-17/h3-4,7-12,17,21,26H,5-6,13-14H2,1-2H3/t17-,21+/m0/s1. The zero-order valence-electron chi connectivity index (χ0n) is 17.1. The van der Waals surface area contributed by atoms with Gasteiger partial charge in [0, 0.05) is 24.3 Å². The summed E-state index contributed by atoms with van der Waals surface area (Å²) in [5, 5.41) is 11.1. The van der Waals surface area contributed by atoms with Crippen molar-refractivity contribution in [1.29, 1.82) is 0 Å². The summed E-state index contributed by atoms with van der Waals surface area (Å²) in [7, 11) is 1.55. The summed E-state index contributed by atoms with van der Waals surface area (Å²) in [4.78, 5) is 27.6. The summed E-state index contributed by atoms with van der Waals surface area (Å²) in [5.41, 5.74) is 2.26. The molecule has 0 aliphatic carbocycles. The highest BCUT2D eigenvalue weighted by molar-refractivity contribution is 6.46. The number of aliphatic hydroxyl groups excluding tert-OH is 1. The normalized spacial score (nSPS) is 23.2. The second-order valence-electron chi connectivity index (χ2n) is 7.69. The molecule has 6 nitrogen and oxygen atoms in total. The molecule has 0 spiro atoms. The van der Waals surface area contributed by atoms with Crippen molar-refractivity contribution in [2.75, 3.05) is 20.3 Å². The molecule has 2 heterocycles. The number of para-hydroxylation sites is 1. The van der Waals surface area contributed by atoms with Gasteiger partial charge < -0.3 is 19.5 Å². The minimum Gasteiger partial charge on any atom is -0.507 e. The van der Waals surface area contributed by atoms with Crippen LogP contribution in [0.4, 0.5) is 0 Å². The first-order chi connectivity index (χ1) is 14.5. The second-order valence-corrected chi connectivity index (χ2v) is 7.69. The zero-order valence-corrected chi connectivity index (χ0v) is 17.1. The van der Waals surface area contributed by atoms with Gasteiger partial charge in [0.25, 0.3) is 11.7 Å². The summed E-state index contributed by atoms with van der Waals surface area (Å²) in [6.07, 6.45) is 1.64. The van der Waals surface area contributed by atoms with Crippen LogP contribution in [0.1, 0.15) is 35.6 Å². The van der Waals surface area contributed by atoms with Crippen molar-refractivity contribution in [3.8, 4) is 5.75 Å². The third kappa shape index (κ3) is 3.59. The molecule has 0 radical (unpaired) electrons. The van der Waals surface area contributed by atoms with Gasteiger partial charge in [0.15, 0.2) is 0 Å². The van der Waals surface area contributed by atoms with Gasteiger partial charge in [0.1, 0.15) is 11.5 Å². The summed E-state index contributed by atoms with van der Waals surface area (Å²) >= 11 is 0. The fourth-order valence-electron chi connectivity index (χ4n) is 4.16. The lowest BCUT2D eigenvalue weighted by Crippen LogP contribution is -2.36. The van der Waals surface area contributed by atoms with Gasteiger partial charge in [-0.05, 0) is 25.8 Å². The van der Waals surface area contributed by atoms with Crippen molar-refractivity contribution >= 4 is 17.4 Å². The van der Waals surface area contributed by atoms with Crippen LogP contribution in [0.5, 0.6) is 5.75 Å². The topological polar surface area (TPSA) is 76.1 Å². The predicted molar refractivity (Wildman–Crippen MR) is 112 cm³/mol. The number of hydrogen-bond acceptors (Lipinski definition) is 5. The number of methoxy groups -OCH3 is 1. The van der Waals surface area contributed by atoms with Crippen molar-refractivity contribution in [3.05, 3.63) is 70.8 Å². The Labute approximate surface area is 175 Å². The summed E-state index contributed by atoms with van der Waals surface area (Å²) in [6.45, 7) is 2.88. The first-order valence-corrected chi connectivity index (χ1v) is 10.1. The number of amides is 1. The Bertz CT molecular complexity index is 989. The van der Waals surface area contributed by atoms with Crippen molar-refractivity contribution in [1.82, 2.24) is 4.90 Å². The maximum atomic E-state index is 13.1. The average molecular weight is 407 g/mol. The lowest BCUT2D eigenvalue weighted by Gasteiger charge is -2.28. The SMILES string of the molecule is COc1ccccc1[C@@H]1C(=C(O)c2ccc(C)cc2)C(=O)C(=O)N1C[C@@H]1CCCO1. The number of carbonyl (C=O) groups excluding carboxylic acids is 2. The van der Waals surface area contributed by atoms with Gasteiger partial charge in [-0.15, -0.1) is 0 Å². The van der Waals surface area contributed by atoms with Gasteiger partial charge in [0.05, 0.1) is 24.8 Å². The molecule has 2 atom stereocenters. The maximum Gasteiger partial charge on any atom is 0.295 e. The fraction of sp³-hybridized carbons (Fsp3) is 0.333. The molecule has 2 aromatic rings. The second kappa shape index (κ2) is 8.32. The molecule has 2 aliphatic heterocycles. The highest BCUT2D eigenvalue weighted by atomic mass is 16.5. The Morgan fingerprint density at radius 2 is 1.90 bits per heavy atom. The summed E-state index contributed by atoms with van der Waals surface area (Å²) < 4.78 is 11.2. The van der Waals surface area contributed by atoms with E-state index in [0.717, 1.165) is 18.4 Å². The minimum absolute atomic E-state index is 0.0753. The highest BCUT2D eigenvalue weighted by Crippen LogP contribution is 2.43. The molecule has 0 bridgehead atoms. The third-order valence-corrected chi connectivity index (χ3v) is 5.72. The maximum absolute atomic E-state index is 13.1. The van der Waals surface area contributed by atoms with Crippen molar-refractivity contribution < 1.29 is 24.2 Å². The molecular weight excluding hydrogens is 382 g/mol. The number of hydrogen-bond donors (Lipinski definition) is 1. The number of likely N-dealkylation sites (tertiary alicyclic amines) is 1. The molecule has 2 fully saturated rings. The smallest absolute Gasteiger partial charge is 0.295 e. The van der Waals surface area contributed by atoms with Crippen LogP contribution < -0.4 is 4.74 Å². The molecule has 30 heavy (non-hydrogen) atoms. The van der Waals surface area contributed by atoms with E-state index in [1.807, 2.05) is 37.3 Å². The number of nitrogens with zero attached hydrogens (tertiary/aromatic N) is 1. The van der Waals surface area contributed by atoms with Crippen LogP contribution in [-0.2, 0) is 14.3 Å². The Morgan fingerprint density at radius 1 is 1.17 bits per heavy atom. The molecular formula is C24H25NO5. The molecule has 0 saturated carbocycles. The molecule has 0 unspecified atom stereocenters. The first-order valence-electron chi connectivity index (χ1n) is 10.1. The lowest BCUT2D eigenvalue weighted by molar-refractivity contribution is -0.140. The Hall–Kier alpha value is -3.12. The number of aliphatic hydroxyl groups is 1. The Morgan fingerprint density at radius 3 is 2.57 bits per heavy atom. The summed E-state index contributed by atoms with van der Waals surface area (Å²) in [5.74, 6) is -0.951. The number of ketones is 1. The first kappa shape index (κ1) is 20.2. The molecule has 156 valence electrons. The van der Waals surface area contributed by atoms with Gasteiger partial charge in [0.2, 0.25) is 0 Å². The molecule has 0 aromatic heterocycles. The van der Waals surface area contributed by atoms with Gasteiger partial charge in [-0.1, -0.05) is 48.0 Å². The highest BCUT2D eigenvalue weighted by Gasteiger charge is 2.47. The van der Waals surface area contributed by atoms with Crippen molar-refractivity contribution in [2.24, 2.45) is 0 Å². The number of aryl methyl sites for hydroxylation is 1. The van der Waals surface area contributed by atoms with Crippen LogP contribution >= 0.6 is 0 Å². The quantitative estimate of drug-likeness (QED) is 0.466. The van der Waals surface area contributed by atoms with Gasteiger partial charge in [-0.3, -0.25) is 9.59 Å². The number of ether oxygens (including phenoxy) is 2. The van der Waals surface area contributed by atoms with E-state index in [4.69, 9.17) is 9.47 Å². The van der Waals surface area contributed by atoms with E-state index in [2.05, 4.69) is 0 Å². The monoisotopic (exact) mass is 407 g/mol. The minimum atomic E-state index is -0.744. The number of rotatable bonds is 5. The van der Waals surface area contributed by atoms with E-state index in [9.17, 15) is 14.7 Å². The van der Waals surface area contributed by atoms with Crippen LogP contribution in [0, 0.1) is 6.92 Å². The largest absolute Gasteiger partial charge is 0.507 e. The molecule has 1 amide bonds. The van der Waals surface area contributed by atoms with Crippen molar-refractivity contribution in [3.63, 3.8) is 0 Å². The zero-order chi connectivity index (χ0) is 21.3. The molecule has 2 saturated heterocycles. The van der Waals surface area contributed by atoms with E-state index >= 15 is 0 Å². The van der Waals surface area contributed by atoms with Gasteiger partial charge in [-0.2, -0.15) is 0 Å². The van der Waals surface area contributed by atoms with Crippen LogP contribution in [0.15, 0.2) is 54.1 Å². The fourth-order valence-corrected chi connectivity index (χ4v) is 4.16. The van der Waals surface area contributed by atoms with Crippen LogP contribution in [0.3, 0.4) is 0 Å². The number of benzene rings is 2. The number of Topliss-reactive ketones (excluding diaryl/α,β-unsaturated/α-hetero) is 1. The third-order valence-electron chi connectivity index (χ3n) is 5.72.